The van der Waals surface area contributed by atoms with E-state index in [0.29, 0.717) is 10.4 Å². The second-order valence-corrected chi connectivity index (χ2v) is 7.33. The maximum absolute atomic E-state index is 12.1. The van der Waals surface area contributed by atoms with Crippen molar-refractivity contribution in [3.63, 3.8) is 0 Å². The van der Waals surface area contributed by atoms with E-state index in [1.165, 1.54) is 28.2 Å². The van der Waals surface area contributed by atoms with Crippen molar-refractivity contribution in [3.05, 3.63) is 55.9 Å². The highest BCUT2D eigenvalue weighted by Crippen LogP contribution is 2.22. The molecule has 28 heavy (non-hydrogen) atoms. The Morgan fingerprint density at radius 3 is 2.75 bits per heavy atom. The number of benzene rings is 1. The lowest BCUT2D eigenvalue weighted by Gasteiger charge is -2.07. The molecule has 0 spiro atoms. The zero-order chi connectivity index (χ0) is 20.3. The van der Waals surface area contributed by atoms with E-state index in [1.807, 2.05) is 13.8 Å². The highest BCUT2D eigenvalue weighted by atomic mass is 32.1. The van der Waals surface area contributed by atoms with E-state index in [1.54, 1.807) is 18.3 Å². The van der Waals surface area contributed by atoms with Crippen LogP contribution in [0.3, 0.4) is 0 Å². The van der Waals surface area contributed by atoms with Gasteiger partial charge in [-0.05, 0) is 31.0 Å². The minimum absolute atomic E-state index is 0.0383. The molecule has 0 aliphatic heterocycles. The van der Waals surface area contributed by atoms with Gasteiger partial charge in [-0.3, -0.25) is 35.2 Å². The zero-order valence-electron chi connectivity index (χ0n) is 15.4. The van der Waals surface area contributed by atoms with Crippen LogP contribution in [0.15, 0.2) is 30.5 Å². The molecule has 0 unspecified atom stereocenters. The standard InChI is InChI=1S/C18H19N5O4S/c1-3-15-11(2)8-16(28-15)18(25)21-20-17(24)6-7-22-14-9-13(23(26)27)5-4-12(14)10-19-22/h4-5,8-10H,3,6-7H2,1-2H3,(H,20,24)(H,21,25). The van der Waals surface area contributed by atoms with Gasteiger partial charge < -0.3 is 0 Å². The molecular weight excluding hydrogens is 382 g/mol. The van der Waals surface area contributed by atoms with E-state index >= 15 is 0 Å². The van der Waals surface area contributed by atoms with E-state index in [-0.39, 0.29) is 30.5 Å². The Hall–Kier alpha value is -3.27. The number of aryl methyl sites for hydroxylation is 3. The lowest BCUT2D eigenvalue weighted by molar-refractivity contribution is -0.384. The van der Waals surface area contributed by atoms with Crippen molar-refractivity contribution in [3.8, 4) is 0 Å². The van der Waals surface area contributed by atoms with Gasteiger partial charge in [0.25, 0.3) is 11.6 Å². The first kappa shape index (κ1) is 19.5. The van der Waals surface area contributed by atoms with Crippen LogP contribution in [0.5, 0.6) is 0 Å². The Kier molecular flexibility index (Phi) is 5.69. The van der Waals surface area contributed by atoms with Gasteiger partial charge in [-0.15, -0.1) is 11.3 Å². The summed E-state index contributed by atoms with van der Waals surface area (Å²) in [6, 6.07) is 6.25. The molecule has 2 heterocycles. The summed E-state index contributed by atoms with van der Waals surface area (Å²) in [4.78, 5) is 36.3. The molecule has 2 amide bonds. The number of hydrogen-bond donors (Lipinski definition) is 2. The number of nitro groups is 1. The van der Waals surface area contributed by atoms with Gasteiger partial charge in [0, 0.05) is 28.8 Å². The van der Waals surface area contributed by atoms with Crippen LogP contribution in [0.1, 0.15) is 33.5 Å². The topological polar surface area (TPSA) is 119 Å². The number of nitrogens with zero attached hydrogens (tertiary/aromatic N) is 3. The van der Waals surface area contributed by atoms with Crippen LogP contribution >= 0.6 is 11.3 Å². The summed E-state index contributed by atoms with van der Waals surface area (Å²) in [5, 5.41) is 15.8. The van der Waals surface area contributed by atoms with Crippen LogP contribution in [-0.2, 0) is 17.8 Å². The van der Waals surface area contributed by atoms with Gasteiger partial charge in [0.05, 0.1) is 28.1 Å². The maximum atomic E-state index is 12.1. The molecule has 2 N–H and O–H groups in total. The van der Waals surface area contributed by atoms with Crippen molar-refractivity contribution < 1.29 is 14.5 Å². The van der Waals surface area contributed by atoms with Gasteiger partial charge in [-0.2, -0.15) is 5.10 Å². The quantitative estimate of drug-likeness (QED) is 0.486. The molecule has 0 aliphatic rings. The third-order valence-electron chi connectivity index (χ3n) is 4.27. The molecule has 10 heteroatoms. The predicted molar refractivity (Wildman–Crippen MR) is 105 cm³/mol. The maximum Gasteiger partial charge on any atom is 0.279 e. The molecule has 3 rings (SSSR count). The largest absolute Gasteiger partial charge is 0.279 e. The summed E-state index contributed by atoms with van der Waals surface area (Å²) in [6.07, 6.45) is 2.50. The number of non-ortho nitro benzene ring substituents is 1. The summed E-state index contributed by atoms with van der Waals surface area (Å²) < 4.78 is 1.53. The second-order valence-electron chi connectivity index (χ2n) is 6.19. The highest BCUT2D eigenvalue weighted by Gasteiger charge is 2.14. The summed E-state index contributed by atoms with van der Waals surface area (Å²) in [5.74, 6) is -0.743. The molecule has 0 fully saturated rings. The molecule has 2 aromatic heterocycles. The number of carbonyl (C=O) groups is 2. The Balaban J connectivity index is 1.57. The molecule has 0 saturated carbocycles. The van der Waals surface area contributed by atoms with Crippen molar-refractivity contribution in [2.75, 3.05) is 0 Å². The SMILES string of the molecule is CCc1sc(C(=O)NNC(=O)CCn2ncc3ccc([N+](=O)[O-])cc32)cc1C. The first-order chi connectivity index (χ1) is 13.4. The monoisotopic (exact) mass is 401 g/mol. The molecule has 0 aliphatic carbocycles. The Morgan fingerprint density at radius 2 is 2.07 bits per heavy atom. The Bertz CT molecular complexity index is 1060. The molecule has 0 saturated heterocycles. The number of nitro benzene ring substituents is 1. The van der Waals surface area contributed by atoms with Gasteiger partial charge in [0.1, 0.15) is 0 Å². The Labute approximate surface area is 164 Å². The third kappa shape index (κ3) is 4.17. The van der Waals surface area contributed by atoms with E-state index in [4.69, 9.17) is 0 Å². The number of nitrogens with one attached hydrogen (secondary N) is 2. The fraction of sp³-hybridized carbons (Fsp3) is 0.278. The number of amides is 2. The number of carbonyl (C=O) groups excluding carboxylic acids is 2. The van der Waals surface area contributed by atoms with Crippen LogP contribution in [0.2, 0.25) is 0 Å². The molecule has 3 aromatic rings. The van der Waals surface area contributed by atoms with Gasteiger partial charge >= 0.3 is 0 Å². The van der Waals surface area contributed by atoms with Crippen molar-refractivity contribution in [1.82, 2.24) is 20.6 Å². The number of thiophene rings is 1. The molecule has 0 radical (unpaired) electrons. The number of rotatable bonds is 6. The van der Waals surface area contributed by atoms with Gasteiger partial charge in [-0.1, -0.05) is 6.92 Å². The van der Waals surface area contributed by atoms with Gasteiger partial charge in [-0.25, -0.2) is 0 Å². The normalized spacial score (nSPS) is 10.8. The second kappa shape index (κ2) is 8.17. The average Bonchev–Trinajstić information content (AvgIpc) is 3.26. The summed E-state index contributed by atoms with van der Waals surface area (Å²) in [7, 11) is 0. The van der Waals surface area contributed by atoms with Crippen LogP contribution in [0.25, 0.3) is 10.9 Å². The molecule has 146 valence electrons. The summed E-state index contributed by atoms with van der Waals surface area (Å²) >= 11 is 1.40. The van der Waals surface area contributed by atoms with Crippen LogP contribution < -0.4 is 10.9 Å². The number of hydrazine groups is 1. The van der Waals surface area contributed by atoms with Gasteiger partial charge in [0.2, 0.25) is 5.91 Å². The van der Waals surface area contributed by atoms with Crippen molar-refractivity contribution in [1.29, 1.82) is 0 Å². The number of fused-ring (bicyclic) bond motifs is 1. The first-order valence-corrected chi connectivity index (χ1v) is 9.49. The van der Waals surface area contributed by atoms with Crippen molar-refractivity contribution in [2.24, 2.45) is 0 Å². The van der Waals surface area contributed by atoms with Crippen molar-refractivity contribution >= 4 is 39.7 Å². The Morgan fingerprint density at radius 1 is 1.29 bits per heavy atom. The lowest BCUT2D eigenvalue weighted by atomic mass is 10.2. The summed E-state index contributed by atoms with van der Waals surface area (Å²) in [6.45, 7) is 4.20. The first-order valence-electron chi connectivity index (χ1n) is 8.67. The highest BCUT2D eigenvalue weighted by molar-refractivity contribution is 7.14. The molecule has 0 atom stereocenters. The molecular formula is C18H19N5O4S. The van der Waals surface area contributed by atoms with Crippen molar-refractivity contribution in [2.45, 2.75) is 33.2 Å². The average molecular weight is 401 g/mol. The van der Waals surface area contributed by atoms with Gasteiger partial charge in [0.15, 0.2) is 0 Å². The van der Waals surface area contributed by atoms with E-state index in [2.05, 4.69) is 16.0 Å². The molecule has 0 bridgehead atoms. The predicted octanol–water partition coefficient (Wildman–Crippen LogP) is 2.73. The molecule has 1 aromatic carbocycles. The van der Waals surface area contributed by atoms with Crippen LogP contribution in [0.4, 0.5) is 5.69 Å². The fourth-order valence-corrected chi connectivity index (χ4v) is 3.80. The minimum Gasteiger partial charge on any atom is -0.273 e. The third-order valence-corrected chi connectivity index (χ3v) is 5.65. The summed E-state index contributed by atoms with van der Waals surface area (Å²) in [5.41, 5.74) is 6.39. The lowest BCUT2D eigenvalue weighted by Crippen LogP contribution is -2.41. The zero-order valence-corrected chi connectivity index (χ0v) is 16.2. The van der Waals surface area contributed by atoms with E-state index < -0.39 is 4.92 Å². The smallest absolute Gasteiger partial charge is 0.273 e. The number of hydrogen-bond acceptors (Lipinski definition) is 6. The fourth-order valence-electron chi connectivity index (χ4n) is 2.79. The van der Waals surface area contributed by atoms with Crippen LogP contribution in [-0.4, -0.2) is 26.5 Å². The van der Waals surface area contributed by atoms with E-state index in [0.717, 1.165) is 22.2 Å². The molecule has 9 nitrogen and oxygen atoms in total. The minimum atomic E-state index is -0.477. The van der Waals surface area contributed by atoms with Crippen LogP contribution in [0, 0.1) is 17.0 Å². The van der Waals surface area contributed by atoms with E-state index in [9.17, 15) is 19.7 Å². The number of aromatic nitrogens is 2.